The second-order valence-corrected chi connectivity index (χ2v) is 13.2. The van der Waals surface area contributed by atoms with Crippen LogP contribution in [0.15, 0.2) is 121 Å². The van der Waals surface area contributed by atoms with E-state index in [1.54, 1.807) is 0 Å². The summed E-state index contributed by atoms with van der Waals surface area (Å²) in [6, 6.07) is 42.4. The molecule has 0 aliphatic carbocycles. The third-order valence-electron chi connectivity index (χ3n) is 5.13. The van der Waals surface area contributed by atoms with E-state index in [-0.39, 0.29) is 0 Å². The van der Waals surface area contributed by atoms with E-state index in [2.05, 4.69) is 126 Å². The minimum atomic E-state index is -2.14. The van der Waals surface area contributed by atoms with Crippen LogP contribution in [0.5, 0.6) is 0 Å². The molecule has 0 aliphatic rings. The molecule has 0 unspecified atom stereocenters. The molecule has 1 nitrogen and oxygen atoms in total. The Morgan fingerprint density at radius 1 is 0.379 bits per heavy atom. The smallest absolute Gasteiger partial charge is 0.00379 e. The summed E-state index contributed by atoms with van der Waals surface area (Å²) in [5, 5.41) is 4.91. The lowest BCUT2D eigenvalue weighted by Crippen LogP contribution is -2.33. The summed E-state index contributed by atoms with van der Waals surface area (Å²) in [5.41, 5.74) is 0. The fourth-order valence-electron chi connectivity index (χ4n) is 3.55. The van der Waals surface area contributed by atoms with Gasteiger partial charge >= 0.3 is 0 Å². The molecule has 0 saturated carbocycles. The highest BCUT2D eigenvalue weighted by Gasteiger charge is 2.28. The molecule has 29 heavy (non-hydrogen) atoms. The molecule has 0 radical (unpaired) electrons. The number of benzene rings is 4. The summed E-state index contributed by atoms with van der Waals surface area (Å²) in [4.78, 5) is 4.07. The van der Waals surface area contributed by atoms with Crippen LogP contribution in [0.1, 0.15) is 0 Å². The van der Waals surface area contributed by atoms with Crippen molar-refractivity contribution >= 4 is 47.9 Å². The average molecular weight is 413 g/mol. The first-order chi connectivity index (χ1) is 14.1. The van der Waals surface area contributed by atoms with Gasteiger partial charge in [0.1, 0.15) is 0 Å². The molecule has 0 aromatic heterocycles. The molecule has 0 fully saturated rings. The molecule has 0 atom stereocenters. The van der Waals surface area contributed by atoms with E-state index in [0.29, 0.717) is 0 Å². The van der Waals surface area contributed by atoms with Gasteiger partial charge in [0, 0.05) is 14.1 Å². The average Bonchev–Trinajstić information content (AvgIpc) is 2.81. The van der Waals surface area contributed by atoms with Gasteiger partial charge < -0.3 is 0 Å². The van der Waals surface area contributed by atoms with Crippen molar-refractivity contribution in [3.63, 3.8) is 0 Å². The van der Waals surface area contributed by atoms with Crippen molar-refractivity contribution in [3.8, 4) is 0 Å². The van der Waals surface area contributed by atoms with E-state index in [1.807, 2.05) is 0 Å². The van der Waals surface area contributed by atoms with Crippen molar-refractivity contribution in [2.75, 3.05) is 0 Å². The fourth-order valence-corrected chi connectivity index (χ4v) is 11.0. The maximum atomic E-state index is 4.83. The van der Waals surface area contributed by atoms with Crippen molar-refractivity contribution in [1.82, 2.24) is 4.86 Å². The van der Waals surface area contributed by atoms with E-state index >= 15 is 0 Å². The summed E-state index contributed by atoms with van der Waals surface area (Å²) < 4.78 is 0. The van der Waals surface area contributed by atoms with Gasteiger partial charge in [-0.1, -0.05) is 134 Å². The zero-order valence-electron chi connectivity index (χ0n) is 16.4. The lowest BCUT2D eigenvalue weighted by molar-refractivity contribution is 1.60. The molecule has 0 bridgehead atoms. The zero-order valence-corrected chi connectivity index (χ0v) is 18.1. The largest absolute Gasteiger partial charge is 0.263 e. The van der Waals surface area contributed by atoms with Crippen molar-refractivity contribution in [3.05, 3.63) is 121 Å². The first-order valence-corrected chi connectivity index (χ1v) is 13.6. The second kappa shape index (κ2) is 8.44. The molecule has 0 aliphatic heterocycles. The summed E-state index contributed by atoms with van der Waals surface area (Å²) in [7, 11) is -4.28. The first kappa shape index (κ1) is 19.7. The van der Waals surface area contributed by atoms with Gasteiger partial charge in [-0.3, -0.25) is 4.86 Å². The predicted molar refractivity (Wildman–Crippen MR) is 136 cm³/mol. The topological polar surface area (TPSA) is 12.0 Å². The Balaban J connectivity index is 1.93. The lowest BCUT2D eigenvalue weighted by atomic mass is 10.4. The van der Waals surface area contributed by atoms with Crippen LogP contribution in [0.2, 0.25) is 0 Å². The highest BCUT2D eigenvalue weighted by molar-refractivity contribution is 7.99. The zero-order chi connectivity index (χ0) is 20.2. The van der Waals surface area contributed by atoms with Crippen LogP contribution < -0.4 is 26.1 Å². The van der Waals surface area contributed by atoms with Crippen molar-refractivity contribution in [2.24, 2.45) is 0 Å². The summed E-state index contributed by atoms with van der Waals surface area (Å²) in [6.45, 7) is 0. The monoisotopic (exact) mass is 413 g/mol. The van der Waals surface area contributed by atoms with Gasteiger partial charge in [-0.05, 0) is 21.2 Å². The third kappa shape index (κ3) is 3.96. The standard InChI is InChI=1S/C26H25NP2/c1-28(23-15-7-3-8-16-23,24-17-9-4-10-18-24)27-29(2,25-19-11-5-12-20-25)26-21-13-6-14-22-26/h3-22,27H,1-2H2. The summed E-state index contributed by atoms with van der Waals surface area (Å²) >= 11 is 0. The number of nitrogens with one attached hydrogen (secondary N) is 1. The Hall–Kier alpha value is -2.56. The Labute approximate surface area is 174 Å². The third-order valence-corrected chi connectivity index (χ3v) is 12.6. The molecule has 0 amide bonds. The van der Waals surface area contributed by atoms with Crippen LogP contribution in [-0.2, 0) is 0 Å². The number of hydrogen-bond donors (Lipinski definition) is 1. The van der Waals surface area contributed by atoms with Crippen LogP contribution >= 0.6 is 14.1 Å². The van der Waals surface area contributed by atoms with Gasteiger partial charge in [-0.2, -0.15) is 0 Å². The van der Waals surface area contributed by atoms with E-state index in [4.69, 9.17) is 12.6 Å². The lowest BCUT2D eigenvalue weighted by Gasteiger charge is -2.36. The maximum absolute atomic E-state index is 4.83. The van der Waals surface area contributed by atoms with Gasteiger partial charge in [0.25, 0.3) is 0 Å². The maximum Gasteiger partial charge on any atom is 0.00379 e. The van der Waals surface area contributed by atoms with Gasteiger partial charge in [-0.25, -0.2) is 0 Å². The Bertz CT molecular complexity index is 973. The molecule has 4 aromatic rings. The molecule has 0 spiro atoms. The highest BCUT2D eigenvalue weighted by Crippen LogP contribution is 2.52. The van der Waals surface area contributed by atoms with Crippen LogP contribution in [0.3, 0.4) is 0 Å². The molecule has 4 aromatic carbocycles. The SMILES string of the molecule is C=P(NP(=C)(c1ccccc1)c1ccccc1)(c1ccccc1)c1ccccc1. The summed E-state index contributed by atoms with van der Waals surface area (Å²) in [5.74, 6) is 0. The number of rotatable bonds is 6. The van der Waals surface area contributed by atoms with Gasteiger partial charge in [0.05, 0.1) is 0 Å². The molecule has 144 valence electrons. The fraction of sp³-hybridized carbons (Fsp3) is 0. The van der Waals surface area contributed by atoms with Gasteiger partial charge in [0.2, 0.25) is 0 Å². The molecular formula is C26H25NP2. The van der Waals surface area contributed by atoms with E-state index in [9.17, 15) is 0 Å². The minimum absolute atomic E-state index is 1.23. The first-order valence-electron chi connectivity index (χ1n) is 9.62. The normalized spacial score (nSPS) is 11.9. The Morgan fingerprint density at radius 2 is 0.586 bits per heavy atom. The van der Waals surface area contributed by atoms with Crippen LogP contribution in [-0.4, -0.2) is 12.6 Å². The molecular weight excluding hydrogens is 388 g/mol. The summed E-state index contributed by atoms with van der Waals surface area (Å²) in [6.07, 6.45) is 9.67. The minimum Gasteiger partial charge on any atom is -0.263 e. The second-order valence-electron chi connectivity index (χ2n) is 7.06. The van der Waals surface area contributed by atoms with Crippen LogP contribution in [0.25, 0.3) is 0 Å². The quantitative estimate of drug-likeness (QED) is 0.456. The van der Waals surface area contributed by atoms with E-state index in [0.717, 1.165) is 0 Å². The van der Waals surface area contributed by atoms with Crippen LogP contribution in [0.4, 0.5) is 0 Å². The van der Waals surface area contributed by atoms with Crippen molar-refractivity contribution in [2.45, 2.75) is 0 Å². The van der Waals surface area contributed by atoms with E-state index < -0.39 is 14.1 Å². The highest BCUT2D eigenvalue weighted by atomic mass is 31.2. The van der Waals surface area contributed by atoms with Crippen LogP contribution in [0, 0.1) is 0 Å². The molecule has 0 heterocycles. The van der Waals surface area contributed by atoms with Gasteiger partial charge in [0.15, 0.2) is 0 Å². The molecule has 1 N–H and O–H groups in total. The predicted octanol–water partition coefficient (Wildman–Crippen LogP) is 4.61. The van der Waals surface area contributed by atoms with Crippen molar-refractivity contribution in [1.29, 1.82) is 0 Å². The molecule has 3 heteroatoms. The van der Waals surface area contributed by atoms with Crippen molar-refractivity contribution < 1.29 is 0 Å². The van der Waals surface area contributed by atoms with E-state index in [1.165, 1.54) is 21.2 Å². The molecule has 0 saturated heterocycles. The Kier molecular flexibility index (Phi) is 5.74. The Morgan fingerprint density at radius 3 is 0.793 bits per heavy atom. The van der Waals surface area contributed by atoms with Gasteiger partial charge in [-0.15, -0.1) is 0 Å². The molecule has 4 rings (SSSR count). The number of hydrogen-bond acceptors (Lipinski definition) is 1.